The summed E-state index contributed by atoms with van der Waals surface area (Å²) < 4.78 is 6.07. The van der Waals surface area contributed by atoms with Crippen LogP contribution in [-0.2, 0) is 9.53 Å². The molecule has 0 aromatic rings. The lowest BCUT2D eigenvalue weighted by molar-refractivity contribution is -0.261. The van der Waals surface area contributed by atoms with Crippen LogP contribution in [0.1, 0.15) is 52.9 Å². The largest absolute Gasteiger partial charge is 0.462 e. The highest BCUT2D eigenvalue weighted by atomic mass is 16.5. The smallest absolute Gasteiger partial charge is 0.302 e. The molecule has 6 saturated carbocycles. The predicted molar refractivity (Wildman–Crippen MR) is 108 cm³/mol. The van der Waals surface area contributed by atoms with E-state index in [1.807, 2.05) is 0 Å². The number of piperidine rings is 1. The van der Waals surface area contributed by atoms with Crippen molar-refractivity contribution in [3.63, 3.8) is 0 Å². The first-order valence-corrected chi connectivity index (χ1v) is 11.7. The molecule has 1 aliphatic heterocycles. The number of hydrogen-bond acceptors (Lipinski definition) is 5. The summed E-state index contributed by atoms with van der Waals surface area (Å²) in [7, 11) is 0. The van der Waals surface area contributed by atoms with E-state index in [1.54, 1.807) is 0 Å². The van der Waals surface area contributed by atoms with Crippen molar-refractivity contribution in [2.24, 2.45) is 39.9 Å². The van der Waals surface area contributed by atoms with Crippen LogP contribution in [0, 0.1) is 39.9 Å². The Labute approximate surface area is 173 Å². The molecule has 6 aliphatic carbocycles. The van der Waals surface area contributed by atoms with Gasteiger partial charge in [0.1, 0.15) is 6.10 Å². The number of carbonyl (C=O) groups excluding carboxylic acids is 1. The van der Waals surface area contributed by atoms with E-state index >= 15 is 0 Å². The first-order valence-electron chi connectivity index (χ1n) is 11.7. The van der Waals surface area contributed by atoms with E-state index in [-0.39, 0.29) is 52.3 Å². The van der Waals surface area contributed by atoms with E-state index in [4.69, 9.17) is 4.74 Å². The molecule has 160 valence electrons. The van der Waals surface area contributed by atoms with Crippen LogP contribution in [0.4, 0.5) is 0 Å². The molecule has 29 heavy (non-hydrogen) atoms. The van der Waals surface area contributed by atoms with Crippen LogP contribution in [0.25, 0.3) is 0 Å². The number of aliphatic hydroxyl groups is 2. The van der Waals surface area contributed by atoms with Gasteiger partial charge in [-0.2, -0.15) is 0 Å². The van der Waals surface area contributed by atoms with Gasteiger partial charge in [-0.05, 0) is 61.5 Å². The first-order chi connectivity index (χ1) is 13.7. The van der Waals surface area contributed by atoms with Gasteiger partial charge in [-0.25, -0.2) is 0 Å². The Morgan fingerprint density at radius 2 is 2.07 bits per heavy atom. The van der Waals surface area contributed by atoms with Crippen molar-refractivity contribution in [3.05, 3.63) is 12.2 Å². The van der Waals surface area contributed by atoms with Gasteiger partial charge in [0.2, 0.25) is 0 Å². The molecule has 5 heteroatoms. The summed E-state index contributed by atoms with van der Waals surface area (Å²) >= 11 is 0. The molecule has 4 unspecified atom stereocenters. The lowest BCUT2D eigenvalue weighted by Crippen LogP contribution is -2.72. The molecule has 0 amide bonds. The molecule has 0 radical (unpaired) electrons. The van der Waals surface area contributed by atoms with E-state index in [0.717, 1.165) is 50.8 Å². The number of esters is 1. The fourth-order valence-corrected chi connectivity index (χ4v) is 10.3. The van der Waals surface area contributed by atoms with Crippen molar-refractivity contribution >= 4 is 5.97 Å². The predicted octanol–water partition coefficient (Wildman–Crippen LogP) is 2.36. The van der Waals surface area contributed by atoms with Crippen molar-refractivity contribution in [3.8, 4) is 0 Å². The van der Waals surface area contributed by atoms with E-state index in [0.29, 0.717) is 11.8 Å². The standard InChI is InChI=1S/C24H35NO4/c1-5-25-11-22(4)8-7-17(27)24-16(22)10-15(20(24)25)23-9-6-14(12(2)21(23)28)18(19(23)24)29-13(3)26/h14-21,27-28H,2,5-11H2,1,3-4H3/t14-,15+,16-,17?,18-,19+,20+,21-,22?,23?,24?/m0/s1. The maximum absolute atomic E-state index is 12.2. The summed E-state index contributed by atoms with van der Waals surface area (Å²) in [4.78, 5) is 14.8. The molecule has 1 saturated heterocycles. The summed E-state index contributed by atoms with van der Waals surface area (Å²) in [6.07, 6.45) is 3.72. The molecule has 5 nitrogen and oxygen atoms in total. The average molecular weight is 402 g/mol. The maximum Gasteiger partial charge on any atom is 0.302 e. The average Bonchev–Trinajstić information content (AvgIpc) is 3.12. The number of fused-ring (bicyclic) bond motifs is 2. The first kappa shape index (κ1) is 18.8. The minimum absolute atomic E-state index is 0.0192. The Morgan fingerprint density at radius 1 is 1.31 bits per heavy atom. The fraction of sp³-hybridized carbons (Fsp3) is 0.875. The van der Waals surface area contributed by atoms with Gasteiger partial charge >= 0.3 is 5.97 Å². The zero-order chi connectivity index (χ0) is 20.5. The Balaban J connectivity index is 1.61. The molecule has 7 fully saturated rings. The molecule has 0 aromatic carbocycles. The quantitative estimate of drug-likeness (QED) is 0.549. The third kappa shape index (κ3) is 1.77. The van der Waals surface area contributed by atoms with Crippen LogP contribution in [0.5, 0.6) is 0 Å². The maximum atomic E-state index is 12.2. The SMILES string of the molecule is C=C1[C@@H]2CCC3([C@@H]4C[C@H]5C6(C)CCC(O)C5([C@@H]3[C@H]2OC(C)=O)[C@@H]4N(CC)C6)[C@H]1O. The Kier molecular flexibility index (Phi) is 3.55. The molecule has 7 rings (SSSR count). The second-order valence-electron chi connectivity index (χ2n) is 11.4. The van der Waals surface area contributed by atoms with E-state index in [9.17, 15) is 15.0 Å². The Hall–Kier alpha value is -0.910. The number of nitrogens with zero attached hydrogens (tertiary/aromatic N) is 1. The van der Waals surface area contributed by atoms with Crippen molar-refractivity contribution in [1.29, 1.82) is 0 Å². The van der Waals surface area contributed by atoms with Crippen molar-refractivity contribution in [2.45, 2.75) is 77.2 Å². The summed E-state index contributed by atoms with van der Waals surface area (Å²) in [6, 6.07) is 0.281. The number of ether oxygens (including phenoxy) is 1. The molecular weight excluding hydrogens is 366 g/mol. The molecule has 7 aliphatic rings. The minimum atomic E-state index is -0.539. The Bertz CT molecular complexity index is 798. The van der Waals surface area contributed by atoms with Gasteiger partial charge in [0.05, 0.1) is 12.2 Å². The van der Waals surface area contributed by atoms with Crippen LogP contribution in [0.15, 0.2) is 12.2 Å². The summed E-state index contributed by atoms with van der Waals surface area (Å²) in [5, 5.41) is 23.3. The second kappa shape index (κ2) is 5.46. The van der Waals surface area contributed by atoms with E-state index < -0.39 is 6.10 Å². The number of rotatable bonds is 2. The number of carbonyl (C=O) groups is 1. The molecule has 1 heterocycles. The monoisotopic (exact) mass is 401 g/mol. The van der Waals surface area contributed by atoms with E-state index in [1.165, 1.54) is 6.92 Å². The number of hydrogen-bond donors (Lipinski definition) is 2. The molecule has 2 N–H and O–H groups in total. The zero-order valence-electron chi connectivity index (χ0n) is 17.9. The highest BCUT2D eigenvalue weighted by Crippen LogP contribution is 2.83. The van der Waals surface area contributed by atoms with Crippen molar-refractivity contribution in [2.75, 3.05) is 13.1 Å². The lowest BCUT2D eigenvalue weighted by Gasteiger charge is -2.69. The van der Waals surface area contributed by atoms with Gasteiger partial charge < -0.3 is 14.9 Å². The minimum Gasteiger partial charge on any atom is -0.462 e. The van der Waals surface area contributed by atoms with Crippen LogP contribution in [-0.4, -0.2) is 58.5 Å². The molecule has 11 atom stereocenters. The van der Waals surface area contributed by atoms with Gasteiger partial charge in [-0.15, -0.1) is 0 Å². The zero-order valence-corrected chi connectivity index (χ0v) is 17.9. The van der Waals surface area contributed by atoms with Gasteiger partial charge in [0.25, 0.3) is 0 Å². The highest BCUT2D eigenvalue weighted by Gasteiger charge is 2.86. The van der Waals surface area contributed by atoms with E-state index in [2.05, 4.69) is 25.3 Å². The van der Waals surface area contributed by atoms with Gasteiger partial charge in [-0.1, -0.05) is 20.4 Å². The van der Waals surface area contributed by atoms with Gasteiger partial charge in [-0.3, -0.25) is 9.69 Å². The van der Waals surface area contributed by atoms with Crippen molar-refractivity contribution in [1.82, 2.24) is 4.90 Å². The summed E-state index contributed by atoms with van der Waals surface area (Å²) in [5.74, 6) is 0.606. The number of aliphatic hydroxyl groups excluding tert-OH is 2. The fourth-order valence-electron chi connectivity index (χ4n) is 10.3. The summed E-state index contributed by atoms with van der Waals surface area (Å²) in [5.41, 5.74) is 0.492. The van der Waals surface area contributed by atoms with Crippen molar-refractivity contribution < 1.29 is 19.7 Å². The van der Waals surface area contributed by atoms with Gasteiger partial charge in [0, 0.05) is 42.2 Å². The highest BCUT2D eigenvalue weighted by molar-refractivity contribution is 5.66. The third-order valence-corrected chi connectivity index (χ3v) is 10.8. The van der Waals surface area contributed by atoms with Crippen LogP contribution in [0.3, 0.4) is 0 Å². The van der Waals surface area contributed by atoms with Gasteiger partial charge in [0.15, 0.2) is 0 Å². The molecule has 0 aromatic heterocycles. The van der Waals surface area contributed by atoms with Crippen LogP contribution < -0.4 is 0 Å². The molecule has 2 spiro atoms. The molecular formula is C24H35NO4. The topological polar surface area (TPSA) is 70.0 Å². The molecule has 7 bridgehead atoms. The Morgan fingerprint density at radius 3 is 2.76 bits per heavy atom. The second-order valence-corrected chi connectivity index (χ2v) is 11.4. The van der Waals surface area contributed by atoms with Crippen LogP contribution >= 0.6 is 0 Å². The van der Waals surface area contributed by atoms with Crippen LogP contribution in [0.2, 0.25) is 0 Å². The summed E-state index contributed by atoms with van der Waals surface area (Å²) in [6.45, 7) is 12.5. The number of likely N-dealkylation sites (tertiary alicyclic amines) is 1. The third-order valence-electron chi connectivity index (χ3n) is 10.8. The lowest BCUT2D eigenvalue weighted by atomic mass is 9.38. The normalized spacial score (nSPS) is 59.7.